The summed E-state index contributed by atoms with van der Waals surface area (Å²) in [5.41, 5.74) is 2.84. The number of nitrogens with one attached hydrogen (secondary N) is 1. The summed E-state index contributed by atoms with van der Waals surface area (Å²) in [5, 5.41) is 24.8. The number of hydrogen-bond acceptors (Lipinski definition) is 6. The maximum atomic E-state index is 12.6. The maximum absolute atomic E-state index is 12.6. The van der Waals surface area contributed by atoms with E-state index in [4.69, 9.17) is 16.3 Å². The molecular weight excluding hydrogens is 490 g/mol. The third kappa shape index (κ3) is 6.64. The Kier molecular flexibility index (Phi) is 8.74. The fourth-order valence-corrected chi connectivity index (χ4v) is 4.27. The highest BCUT2D eigenvalue weighted by Gasteiger charge is 2.16. The molecule has 0 aliphatic rings. The number of carbonyl (C=O) groups excluding carboxylic acids is 1. The molecule has 0 bridgehead atoms. The number of hydrogen-bond donors (Lipinski definition) is 3. The molecule has 4 aromatic rings. The number of ether oxygens (including phenoxy) is 1. The van der Waals surface area contributed by atoms with Crippen LogP contribution in [0.3, 0.4) is 0 Å². The van der Waals surface area contributed by atoms with Gasteiger partial charge in [0.2, 0.25) is 0 Å². The van der Waals surface area contributed by atoms with E-state index in [-0.39, 0.29) is 18.6 Å². The summed E-state index contributed by atoms with van der Waals surface area (Å²) >= 11 is 6.01. The van der Waals surface area contributed by atoms with Crippen molar-refractivity contribution >= 4 is 28.4 Å². The second kappa shape index (κ2) is 12.2. The first-order valence-corrected chi connectivity index (χ1v) is 12.4. The van der Waals surface area contributed by atoms with Crippen molar-refractivity contribution in [3.63, 3.8) is 0 Å². The van der Waals surface area contributed by atoms with Gasteiger partial charge in [-0.25, -0.2) is 0 Å². The second-order valence-corrected chi connectivity index (χ2v) is 9.46. The zero-order chi connectivity index (χ0) is 26.4. The monoisotopic (exact) mass is 519 g/mol. The van der Waals surface area contributed by atoms with Gasteiger partial charge in [0, 0.05) is 43.3 Å². The Hall–Kier alpha value is -3.49. The molecule has 3 aromatic carbocycles. The smallest absolute Gasteiger partial charge is 0.255 e. The van der Waals surface area contributed by atoms with Crippen molar-refractivity contribution in [2.24, 2.45) is 0 Å². The molecule has 0 radical (unpaired) electrons. The largest absolute Gasteiger partial charge is 0.457 e. The quantitative estimate of drug-likeness (QED) is 0.283. The first-order valence-electron chi connectivity index (χ1n) is 12.0. The van der Waals surface area contributed by atoms with Crippen molar-refractivity contribution in [1.29, 1.82) is 0 Å². The minimum absolute atomic E-state index is 0.0719. The van der Waals surface area contributed by atoms with Crippen molar-refractivity contribution in [2.75, 3.05) is 27.2 Å². The van der Waals surface area contributed by atoms with Crippen LogP contribution in [0.2, 0.25) is 5.02 Å². The second-order valence-electron chi connectivity index (χ2n) is 9.02. The summed E-state index contributed by atoms with van der Waals surface area (Å²) in [7, 11) is 3.42. The molecule has 1 aromatic heterocycles. The van der Waals surface area contributed by atoms with Crippen LogP contribution in [0.25, 0.3) is 10.9 Å². The molecule has 7 nitrogen and oxygen atoms in total. The zero-order valence-electron chi connectivity index (χ0n) is 20.8. The van der Waals surface area contributed by atoms with Crippen molar-refractivity contribution < 1.29 is 19.7 Å². The minimum Gasteiger partial charge on any atom is -0.457 e. The van der Waals surface area contributed by atoms with Gasteiger partial charge in [0.1, 0.15) is 11.5 Å². The van der Waals surface area contributed by atoms with Crippen LogP contribution < -0.4 is 10.1 Å². The van der Waals surface area contributed by atoms with E-state index in [9.17, 15) is 15.0 Å². The fraction of sp³-hybridized carbons (Fsp3) is 0.241. The fourth-order valence-electron chi connectivity index (χ4n) is 4.07. The molecule has 0 saturated heterocycles. The Morgan fingerprint density at radius 1 is 1.08 bits per heavy atom. The first kappa shape index (κ1) is 26.6. The Morgan fingerprint density at radius 2 is 1.84 bits per heavy atom. The molecule has 1 heterocycles. The Balaban J connectivity index is 1.41. The van der Waals surface area contributed by atoms with Gasteiger partial charge in [-0.2, -0.15) is 0 Å². The highest BCUT2D eigenvalue weighted by molar-refractivity contribution is 6.30. The number of aliphatic hydroxyl groups excluding tert-OH is 2. The van der Waals surface area contributed by atoms with E-state index in [0.29, 0.717) is 40.6 Å². The number of aliphatic hydroxyl groups is 2. The van der Waals surface area contributed by atoms with Crippen molar-refractivity contribution in [1.82, 2.24) is 15.2 Å². The Labute approximate surface area is 221 Å². The summed E-state index contributed by atoms with van der Waals surface area (Å²) in [6.45, 7) is 0.220. The lowest BCUT2D eigenvalue weighted by atomic mass is 10.0. The van der Waals surface area contributed by atoms with E-state index in [0.717, 1.165) is 16.5 Å². The third-order valence-corrected chi connectivity index (χ3v) is 6.29. The van der Waals surface area contributed by atoms with E-state index in [2.05, 4.69) is 10.3 Å². The number of nitrogens with zero attached hydrogens (tertiary/aromatic N) is 2. The Morgan fingerprint density at radius 3 is 2.54 bits per heavy atom. The van der Waals surface area contributed by atoms with Crippen LogP contribution in [-0.2, 0) is 6.42 Å². The molecule has 2 atom stereocenters. The molecule has 4 rings (SSSR count). The molecule has 0 fully saturated rings. The van der Waals surface area contributed by atoms with Crippen LogP contribution >= 0.6 is 11.6 Å². The number of fused-ring (bicyclic) bond motifs is 1. The van der Waals surface area contributed by atoms with Crippen molar-refractivity contribution in [3.8, 4) is 11.5 Å². The topological polar surface area (TPSA) is 94.9 Å². The first-order chi connectivity index (χ1) is 17.9. The molecule has 0 unspecified atom stereocenters. The molecule has 1 amide bonds. The molecule has 0 aliphatic heterocycles. The van der Waals surface area contributed by atoms with Gasteiger partial charge < -0.3 is 25.2 Å². The summed E-state index contributed by atoms with van der Waals surface area (Å²) in [4.78, 5) is 18.5. The molecule has 192 valence electrons. The molecule has 0 aliphatic carbocycles. The molecule has 3 N–H and O–H groups in total. The van der Waals surface area contributed by atoms with Gasteiger partial charge >= 0.3 is 0 Å². The number of amides is 1. The number of carbonyl (C=O) groups is 1. The number of halogens is 1. The average Bonchev–Trinajstić information content (AvgIpc) is 2.91. The summed E-state index contributed by atoms with van der Waals surface area (Å²) < 4.78 is 6.14. The molecule has 0 spiro atoms. The summed E-state index contributed by atoms with van der Waals surface area (Å²) in [6, 6.07) is 21.7. The zero-order valence-corrected chi connectivity index (χ0v) is 21.5. The number of pyridine rings is 1. The SMILES string of the molecule is CN(C)C(=O)c1cccc2c(Oc3ccc(C[C@@H](CO)NC[C@@H](O)c4cccc(Cl)c4)cc3)ccnc12. The normalized spacial score (nSPS) is 12.8. The molecule has 8 heteroatoms. The Bertz CT molecular complexity index is 1360. The lowest BCUT2D eigenvalue weighted by Crippen LogP contribution is -2.37. The van der Waals surface area contributed by atoms with E-state index in [1.165, 1.54) is 4.90 Å². The maximum Gasteiger partial charge on any atom is 0.255 e. The average molecular weight is 520 g/mol. The van der Waals surface area contributed by atoms with E-state index in [1.807, 2.05) is 42.5 Å². The number of para-hydroxylation sites is 1. The standard InChI is InChI=1S/C29H30ClN3O4/c1-33(2)29(36)25-8-4-7-24-27(13-14-31-28(24)25)37-23-11-9-19(10-12-23)15-22(18-34)32-17-26(35)20-5-3-6-21(30)16-20/h3-14,16,22,26,32,34-35H,15,17-18H2,1-2H3/t22-,26+/m0/s1. The van der Waals surface area contributed by atoms with Gasteiger partial charge in [0.05, 0.1) is 23.8 Å². The molecule has 0 saturated carbocycles. The van der Waals surface area contributed by atoms with Gasteiger partial charge in [-0.15, -0.1) is 0 Å². The lowest BCUT2D eigenvalue weighted by molar-refractivity contribution is 0.0829. The predicted molar refractivity (Wildman–Crippen MR) is 145 cm³/mol. The highest BCUT2D eigenvalue weighted by atomic mass is 35.5. The highest BCUT2D eigenvalue weighted by Crippen LogP contribution is 2.31. The van der Waals surface area contributed by atoms with Gasteiger partial charge in [-0.3, -0.25) is 9.78 Å². The van der Waals surface area contributed by atoms with Gasteiger partial charge in [-0.05, 0) is 60.0 Å². The molecular formula is C29H30ClN3O4. The number of rotatable bonds is 10. The van der Waals surface area contributed by atoms with Gasteiger partial charge in [-0.1, -0.05) is 41.9 Å². The van der Waals surface area contributed by atoms with E-state index in [1.54, 1.807) is 50.6 Å². The van der Waals surface area contributed by atoms with E-state index < -0.39 is 6.10 Å². The van der Waals surface area contributed by atoms with Crippen LogP contribution in [0.15, 0.2) is 79.0 Å². The predicted octanol–water partition coefficient (Wildman–Crippen LogP) is 4.61. The lowest BCUT2D eigenvalue weighted by Gasteiger charge is -2.19. The van der Waals surface area contributed by atoms with Crippen LogP contribution in [0.5, 0.6) is 11.5 Å². The van der Waals surface area contributed by atoms with Crippen LogP contribution in [0.4, 0.5) is 0 Å². The minimum atomic E-state index is -0.729. The molecule has 37 heavy (non-hydrogen) atoms. The third-order valence-electron chi connectivity index (χ3n) is 6.05. The van der Waals surface area contributed by atoms with E-state index >= 15 is 0 Å². The number of aromatic nitrogens is 1. The van der Waals surface area contributed by atoms with Crippen molar-refractivity contribution in [2.45, 2.75) is 18.6 Å². The van der Waals surface area contributed by atoms with Crippen LogP contribution in [-0.4, -0.2) is 59.3 Å². The van der Waals surface area contributed by atoms with Gasteiger partial charge in [0.25, 0.3) is 5.91 Å². The number of benzene rings is 3. The van der Waals surface area contributed by atoms with Gasteiger partial charge in [0.15, 0.2) is 0 Å². The summed E-state index contributed by atoms with van der Waals surface area (Å²) in [6.07, 6.45) is 1.48. The van der Waals surface area contributed by atoms with Crippen LogP contribution in [0.1, 0.15) is 27.6 Å². The summed E-state index contributed by atoms with van der Waals surface area (Å²) in [5.74, 6) is 1.13. The van der Waals surface area contributed by atoms with Crippen molar-refractivity contribution in [3.05, 3.63) is 101 Å². The van der Waals surface area contributed by atoms with Crippen LogP contribution in [0, 0.1) is 0 Å².